The monoisotopic (exact) mass is 597 g/mol. The third-order valence-electron chi connectivity index (χ3n) is 11.8. The molecule has 9 unspecified atom stereocenters. The first-order valence-corrected chi connectivity index (χ1v) is 16.1. The highest BCUT2D eigenvalue weighted by molar-refractivity contribution is 5.96. The fraction of sp³-hybridized carbons (Fsp3) is 0.765. The van der Waals surface area contributed by atoms with Crippen molar-refractivity contribution in [3.05, 3.63) is 11.6 Å². The van der Waals surface area contributed by atoms with E-state index in [4.69, 9.17) is 11.3 Å². The number of rotatable bonds is 10. The van der Waals surface area contributed by atoms with Crippen molar-refractivity contribution in [2.75, 3.05) is 6.61 Å². The Balaban J connectivity index is 1.35. The van der Waals surface area contributed by atoms with Gasteiger partial charge in [-0.15, -0.1) is 6.42 Å². The largest absolute Gasteiger partial charge is 0.480 e. The van der Waals surface area contributed by atoms with Gasteiger partial charge in [-0.3, -0.25) is 9.59 Å². The van der Waals surface area contributed by atoms with Gasteiger partial charge in [0.15, 0.2) is 6.61 Å². The molecule has 0 aromatic heterocycles. The zero-order chi connectivity index (χ0) is 31.7. The molecular formula is C34H51N3O6. The number of carboxylic acids is 1. The van der Waals surface area contributed by atoms with Crippen LogP contribution in [0.4, 0.5) is 0 Å². The van der Waals surface area contributed by atoms with Crippen LogP contribution in [0.15, 0.2) is 16.8 Å². The summed E-state index contributed by atoms with van der Waals surface area (Å²) in [7, 11) is 0. The number of fused-ring (bicyclic) bond motifs is 5. The first kappa shape index (κ1) is 33.0. The highest BCUT2D eigenvalue weighted by Gasteiger charge is 2.63. The third kappa shape index (κ3) is 6.09. The van der Waals surface area contributed by atoms with Crippen molar-refractivity contribution >= 4 is 23.5 Å². The molecule has 4 rings (SSSR count). The predicted octanol–water partition coefficient (Wildman–Crippen LogP) is 4.44. The number of nitrogens with zero attached hydrogens (tertiary/aromatic N) is 1. The van der Waals surface area contributed by atoms with Gasteiger partial charge in [0.2, 0.25) is 5.91 Å². The van der Waals surface area contributed by atoms with Crippen molar-refractivity contribution in [1.29, 1.82) is 0 Å². The van der Waals surface area contributed by atoms with Gasteiger partial charge in [0.05, 0.1) is 5.71 Å². The number of terminal acetylenes is 1. The molecule has 9 heteroatoms. The van der Waals surface area contributed by atoms with Gasteiger partial charge in [0, 0.05) is 5.41 Å². The SMILES string of the molecule is C#CC1(O)CCC2C3CCC4=CC(=NOCC(=O)NC(C(=O)NC(C(=O)O)C(C)CC)C(C)C)CCC4(C)C3CCC21C. The second-order valence-corrected chi connectivity index (χ2v) is 14.4. The molecule has 4 aliphatic rings. The van der Waals surface area contributed by atoms with E-state index >= 15 is 0 Å². The molecule has 0 spiro atoms. The lowest BCUT2D eigenvalue weighted by atomic mass is 9.46. The van der Waals surface area contributed by atoms with E-state index in [1.54, 1.807) is 20.8 Å². The maximum atomic E-state index is 12.9. The van der Waals surface area contributed by atoms with Crippen LogP contribution in [0.2, 0.25) is 0 Å². The van der Waals surface area contributed by atoms with Gasteiger partial charge in [0.25, 0.3) is 5.91 Å². The average molecular weight is 598 g/mol. The van der Waals surface area contributed by atoms with E-state index in [0.717, 1.165) is 50.7 Å². The number of carboxylic acid groups (broad SMARTS) is 1. The molecule has 3 saturated carbocycles. The molecule has 0 radical (unpaired) electrons. The summed E-state index contributed by atoms with van der Waals surface area (Å²) >= 11 is 0. The molecule has 9 nitrogen and oxygen atoms in total. The van der Waals surface area contributed by atoms with Gasteiger partial charge in [-0.05, 0) is 92.4 Å². The molecule has 4 aliphatic carbocycles. The van der Waals surface area contributed by atoms with Gasteiger partial charge >= 0.3 is 5.97 Å². The number of nitrogens with one attached hydrogen (secondary N) is 2. The van der Waals surface area contributed by atoms with Crippen molar-refractivity contribution in [2.45, 2.75) is 117 Å². The Bertz CT molecular complexity index is 1200. The standard InChI is InChI=1S/C34H51N3O6/c1-8-21(5)29(31(40)41)36-30(39)28(20(3)4)35-27(38)19-43-37-23-12-15-32(6)22(18-23)10-11-24-25(32)13-16-33(7)26(24)14-17-34(33,42)9-2/h2,18,20-21,24-26,28-29,42H,8,10-17,19H2,1,3-7H3,(H,35,38)(H,36,39)(H,40,41). The van der Waals surface area contributed by atoms with Crippen LogP contribution in [0.1, 0.15) is 99.3 Å². The molecule has 43 heavy (non-hydrogen) atoms. The van der Waals surface area contributed by atoms with Crippen molar-refractivity contribution in [3.8, 4) is 12.3 Å². The molecule has 0 saturated heterocycles. The predicted molar refractivity (Wildman–Crippen MR) is 165 cm³/mol. The van der Waals surface area contributed by atoms with Gasteiger partial charge in [0.1, 0.15) is 17.7 Å². The maximum Gasteiger partial charge on any atom is 0.326 e. The molecule has 0 bridgehead atoms. The quantitative estimate of drug-likeness (QED) is 0.217. The lowest BCUT2D eigenvalue weighted by Gasteiger charge is -2.58. The molecule has 0 aromatic rings. The topological polar surface area (TPSA) is 137 Å². The Kier molecular flexibility index (Phi) is 9.71. The first-order chi connectivity index (χ1) is 20.2. The minimum Gasteiger partial charge on any atom is -0.480 e. The Morgan fingerprint density at radius 3 is 2.40 bits per heavy atom. The summed E-state index contributed by atoms with van der Waals surface area (Å²) < 4.78 is 0. The van der Waals surface area contributed by atoms with Crippen LogP contribution in [-0.2, 0) is 19.2 Å². The van der Waals surface area contributed by atoms with Gasteiger partial charge in [-0.1, -0.05) is 64.6 Å². The minimum atomic E-state index is -1.10. The summed E-state index contributed by atoms with van der Waals surface area (Å²) in [5.74, 6) is 1.70. The average Bonchev–Trinajstić information content (AvgIpc) is 3.24. The van der Waals surface area contributed by atoms with E-state index in [-0.39, 0.29) is 29.3 Å². The van der Waals surface area contributed by atoms with Crippen LogP contribution in [0, 0.1) is 52.8 Å². The molecule has 9 atom stereocenters. The number of oxime groups is 1. The summed E-state index contributed by atoms with van der Waals surface area (Å²) in [6.07, 6.45) is 16.1. The molecule has 0 heterocycles. The molecule has 0 aliphatic heterocycles. The first-order valence-electron chi connectivity index (χ1n) is 16.1. The number of carbonyl (C=O) groups excluding carboxylic acids is 2. The van der Waals surface area contributed by atoms with E-state index in [0.29, 0.717) is 30.6 Å². The number of amides is 2. The smallest absolute Gasteiger partial charge is 0.326 e. The maximum absolute atomic E-state index is 12.9. The van der Waals surface area contributed by atoms with E-state index in [1.807, 2.05) is 6.92 Å². The van der Waals surface area contributed by atoms with E-state index in [2.05, 4.69) is 41.6 Å². The Morgan fingerprint density at radius 2 is 1.77 bits per heavy atom. The Morgan fingerprint density at radius 1 is 1.07 bits per heavy atom. The highest BCUT2D eigenvalue weighted by atomic mass is 16.6. The lowest BCUT2D eigenvalue weighted by molar-refractivity contribution is -0.144. The summed E-state index contributed by atoms with van der Waals surface area (Å²) in [6, 6.07) is -1.92. The molecule has 4 N–H and O–H groups in total. The minimum absolute atomic E-state index is 0.0818. The van der Waals surface area contributed by atoms with Gasteiger partial charge < -0.3 is 25.7 Å². The molecule has 2 amide bonds. The zero-order valence-electron chi connectivity index (χ0n) is 26.7. The molecule has 3 fully saturated rings. The zero-order valence-corrected chi connectivity index (χ0v) is 26.7. The van der Waals surface area contributed by atoms with Crippen LogP contribution in [-0.4, -0.2) is 58.0 Å². The normalized spacial score (nSPS) is 36.2. The fourth-order valence-electron chi connectivity index (χ4n) is 8.75. The van der Waals surface area contributed by atoms with E-state index < -0.39 is 35.5 Å². The molecule has 238 valence electrons. The van der Waals surface area contributed by atoms with Crippen LogP contribution in [0.3, 0.4) is 0 Å². The van der Waals surface area contributed by atoms with E-state index in [9.17, 15) is 24.6 Å². The summed E-state index contributed by atoms with van der Waals surface area (Å²) in [5, 5.41) is 30.3. The van der Waals surface area contributed by atoms with Crippen molar-refractivity contribution in [1.82, 2.24) is 10.6 Å². The lowest BCUT2D eigenvalue weighted by Crippen LogP contribution is -2.55. The number of hydrogen-bond donors (Lipinski definition) is 4. The van der Waals surface area contributed by atoms with Crippen LogP contribution >= 0.6 is 0 Å². The van der Waals surface area contributed by atoms with Crippen LogP contribution in [0.5, 0.6) is 0 Å². The number of aliphatic carboxylic acids is 1. The molecular weight excluding hydrogens is 546 g/mol. The number of carbonyl (C=O) groups is 3. The Labute approximate surface area is 256 Å². The second kappa shape index (κ2) is 12.6. The van der Waals surface area contributed by atoms with E-state index in [1.165, 1.54) is 5.57 Å². The fourth-order valence-corrected chi connectivity index (χ4v) is 8.75. The third-order valence-corrected chi connectivity index (χ3v) is 11.8. The van der Waals surface area contributed by atoms with Crippen LogP contribution < -0.4 is 10.6 Å². The summed E-state index contributed by atoms with van der Waals surface area (Å²) in [5.41, 5.74) is 1.09. The van der Waals surface area contributed by atoms with Gasteiger partial charge in [-0.2, -0.15) is 0 Å². The Hall–Kier alpha value is -2.86. The van der Waals surface area contributed by atoms with Gasteiger partial charge in [-0.25, -0.2) is 4.79 Å². The number of aliphatic hydroxyl groups is 1. The van der Waals surface area contributed by atoms with Crippen molar-refractivity contribution in [2.24, 2.45) is 45.6 Å². The highest BCUT2D eigenvalue weighted by Crippen LogP contribution is 2.67. The number of allylic oxidation sites excluding steroid dienone is 2. The number of hydrogen-bond acceptors (Lipinski definition) is 6. The van der Waals surface area contributed by atoms with Crippen molar-refractivity contribution in [3.63, 3.8) is 0 Å². The van der Waals surface area contributed by atoms with Crippen LogP contribution in [0.25, 0.3) is 0 Å². The molecule has 0 aromatic carbocycles. The van der Waals surface area contributed by atoms with Crippen molar-refractivity contribution < 1.29 is 29.4 Å². The second-order valence-electron chi connectivity index (χ2n) is 14.4. The summed E-state index contributed by atoms with van der Waals surface area (Å²) in [6.45, 7) is 11.5. The summed E-state index contributed by atoms with van der Waals surface area (Å²) in [4.78, 5) is 42.7.